The maximum absolute atomic E-state index is 5.39. The van der Waals surface area contributed by atoms with Crippen LogP contribution in [0, 0.1) is 0 Å². The molecule has 8 aromatic carbocycles. The van der Waals surface area contributed by atoms with Crippen molar-refractivity contribution in [3.63, 3.8) is 0 Å². The SMILES string of the molecule is C=C/C=C\C=C\c1cc(-c2nc(-c3ccc(-c4ccccc4)cc3)nc(C3C=CC(c4ccccc4)=CC3)n2)cc(-c2ccccc2)c1-n1c2ccccc2c2c3sc4ccccc4c3ccc21. The smallest absolute Gasteiger partial charge is 0.163 e. The number of thiophene rings is 1. The Morgan fingerprint density at radius 3 is 1.91 bits per heavy atom. The lowest BCUT2D eigenvalue weighted by molar-refractivity contribution is 0.766. The Balaban J connectivity index is 1.09. The van der Waals surface area contributed by atoms with Gasteiger partial charge in [0.15, 0.2) is 11.6 Å². The third-order valence-corrected chi connectivity index (χ3v) is 14.2. The van der Waals surface area contributed by atoms with E-state index in [4.69, 9.17) is 15.0 Å². The number of hydrogen-bond donors (Lipinski definition) is 0. The van der Waals surface area contributed by atoms with Gasteiger partial charge in [0.1, 0.15) is 5.82 Å². The van der Waals surface area contributed by atoms with Crippen LogP contribution in [0.5, 0.6) is 0 Å². The fourth-order valence-electron chi connectivity index (χ4n) is 9.69. The molecule has 3 aromatic heterocycles. The molecular formula is C63H44N4S. The van der Waals surface area contributed by atoms with Gasteiger partial charge in [-0.15, -0.1) is 11.3 Å². The first kappa shape index (κ1) is 41.0. The monoisotopic (exact) mass is 888 g/mol. The first-order valence-corrected chi connectivity index (χ1v) is 23.9. The Kier molecular flexibility index (Phi) is 10.7. The van der Waals surface area contributed by atoms with Crippen molar-refractivity contribution in [2.24, 2.45) is 0 Å². The molecule has 11 aromatic rings. The van der Waals surface area contributed by atoms with Gasteiger partial charge in [0.25, 0.3) is 0 Å². The molecule has 1 unspecified atom stereocenters. The molecule has 1 aliphatic carbocycles. The molecule has 4 nitrogen and oxygen atoms in total. The lowest BCUT2D eigenvalue weighted by Gasteiger charge is -2.20. The van der Waals surface area contributed by atoms with E-state index < -0.39 is 0 Å². The number of aromatic nitrogens is 4. The molecule has 1 atom stereocenters. The standard InChI is InChI=1S/C63H44N4S/c1-2-3-4-8-25-49-40-50(63-65-61(47-34-30-44(31-35-47)42-19-9-5-10-20-42)64-62(66-63)48-36-32-45(33-37-48)43-21-11-6-12-22-43)41-54(46-23-13-7-14-24-46)59(49)67-55-28-17-15-27-53(55)58-56(67)39-38-52-51-26-16-18-29-57(51)68-60(52)58/h2-36,38-41,48H,1,37H2/b4-3-,25-8+. The highest BCUT2D eigenvalue weighted by Crippen LogP contribution is 2.46. The zero-order chi connectivity index (χ0) is 45.4. The van der Waals surface area contributed by atoms with E-state index >= 15 is 0 Å². The molecule has 5 heteroatoms. The van der Waals surface area contributed by atoms with Gasteiger partial charge < -0.3 is 4.57 Å². The second kappa shape index (κ2) is 17.7. The van der Waals surface area contributed by atoms with Gasteiger partial charge in [0.05, 0.1) is 16.7 Å². The maximum Gasteiger partial charge on any atom is 0.163 e. The van der Waals surface area contributed by atoms with Crippen molar-refractivity contribution >= 4 is 65.0 Å². The van der Waals surface area contributed by atoms with E-state index in [0.717, 1.165) is 67.9 Å². The number of benzene rings is 8. The predicted octanol–water partition coefficient (Wildman–Crippen LogP) is 16.9. The van der Waals surface area contributed by atoms with E-state index in [9.17, 15) is 0 Å². The van der Waals surface area contributed by atoms with Gasteiger partial charge in [-0.3, -0.25) is 0 Å². The molecule has 322 valence electrons. The first-order chi connectivity index (χ1) is 33.7. The van der Waals surface area contributed by atoms with Crippen molar-refractivity contribution in [2.75, 3.05) is 0 Å². The maximum atomic E-state index is 5.39. The van der Waals surface area contributed by atoms with E-state index in [2.05, 4.69) is 224 Å². The predicted molar refractivity (Wildman–Crippen MR) is 288 cm³/mol. The summed E-state index contributed by atoms with van der Waals surface area (Å²) >= 11 is 1.87. The lowest BCUT2D eigenvalue weighted by atomic mass is 9.92. The highest BCUT2D eigenvalue weighted by molar-refractivity contribution is 7.26. The Morgan fingerprint density at radius 2 is 1.18 bits per heavy atom. The zero-order valence-corrected chi connectivity index (χ0v) is 38.0. The van der Waals surface area contributed by atoms with Crippen LogP contribution in [0.3, 0.4) is 0 Å². The molecule has 0 spiro atoms. The van der Waals surface area contributed by atoms with Crippen LogP contribution >= 0.6 is 11.3 Å². The number of nitrogens with zero attached hydrogens (tertiary/aromatic N) is 4. The van der Waals surface area contributed by atoms with Gasteiger partial charge in [-0.05, 0) is 70.1 Å². The number of fused-ring (bicyclic) bond motifs is 7. The average Bonchev–Trinajstić information content (AvgIpc) is 3.96. The lowest BCUT2D eigenvalue weighted by Crippen LogP contribution is -2.09. The van der Waals surface area contributed by atoms with Crippen LogP contribution in [0.4, 0.5) is 0 Å². The van der Waals surface area contributed by atoms with Crippen molar-refractivity contribution in [2.45, 2.75) is 12.3 Å². The highest BCUT2D eigenvalue weighted by Gasteiger charge is 2.24. The van der Waals surface area contributed by atoms with Gasteiger partial charge >= 0.3 is 0 Å². The molecule has 3 heterocycles. The van der Waals surface area contributed by atoms with Crippen molar-refractivity contribution in [3.8, 4) is 50.7 Å². The Morgan fingerprint density at radius 1 is 0.529 bits per heavy atom. The van der Waals surface area contributed by atoms with E-state index in [1.165, 1.54) is 42.1 Å². The summed E-state index contributed by atoms with van der Waals surface area (Å²) in [4.78, 5) is 16.0. The third kappa shape index (κ3) is 7.49. The van der Waals surface area contributed by atoms with E-state index in [1.54, 1.807) is 6.08 Å². The number of allylic oxidation sites excluding steroid dienone is 8. The summed E-state index contributed by atoms with van der Waals surface area (Å²) in [5, 5.41) is 5.06. The van der Waals surface area contributed by atoms with Crippen LogP contribution in [0.15, 0.2) is 237 Å². The number of hydrogen-bond acceptors (Lipinski definition) is 4. The van der Waals surface area contributed by atoms with E-state index in [1.807, 2.05) is 29.6 Å². The highest BCUT2D eigenvalue weighted by atomic mass is 32.1. The average molecular weight is 889 g/mol. The topological polar surface area (TPSA) is 43.6 Å². The first-order valence-electron chi connectivity index (χ1n) is 23.1. The molecule has 0 saturated heterocycles. The van der Waals surface area contributed by atoms with E-state index in [-0.39, 0.29) is 5.92 Å². The van der Waals surface area contributed by atoms with E-state index in [0.29, 0.717) is 11.6 Å². The summed E-state index contributed by atoms with van der Waals surface area (Å²) in [6, 6.07) is 67.0. The molecule has 0 radical (unpaired) electrons. The summed E-state index contributed by atoms with van der Waals surface area (Å²) in [7, 11) is 0. The summed E-state index contributed by atoms with van der Waals surface area (Å²) < 4.78 is 5.06. The Bertz CT molecular complexity index is 3820. The van der Waals surface area contributed by atoms with Gasteiger partial charge in [-0.1, -0.05) is 213 Å². The van der Waals surface area contributed by atoms with Gasteiger partial charge in [0, 0.05) is 53.6 Å². The quantitative estimate of drug-likeness (QED) is 0.129. The molecule has 1 aliphatic rings. The van der Waals surface area contributed by atoms with Crippen LogP contribution in [-0.2, 0) is 0 Å². The van der Waals surface area contributed by atoms with Crippen molar-refractivity contribution in [1.82, 2.24) is 19.5 Å². The molecule has 0 amide bonds. The fraction of sp³-hybridized carbons (Fsp3) is 0.0317. The fourth-order valence-corrected chi connectivity index (χ4v) is 11.0. The van der Waals surface area contributed by atoms with Crippen LogP contribution in [-0.4, -0.2) is 19.5 Å². The van der Waals surface area contributed by atoms with Crippen LogP contribution in [0.2, 0.25) is 0 Å². The molecule has 12 rings (SSSR count). The second-order valence-electron chi connectivity index (χ2n) is 17.1. The van der Waals surface area contributed by atoms with Crippen LogP contribution in [0.1, 0.15) is 29.3 Å². The second-order valence-corrected chi connectivity index (χ2v) is 18.2. The number of para-hydroxylation sites is 1. The zero-order valence-electron chi connectivity index (χ0n) is 37.2. The number of rotatable bonds is 10. The Hall–Kier alpha value is -8.51. The van der Waals surface area contributed by atoms with Gasteiger partial charge in [-0.2, -0.15) is 0 Å². The molecule has 0 saturated carbocycles. The summed E-state index contributed by atoms with van der Waals surface area (Å²) in [6.07, 6.45) is 17.6. The van der Waals surface area contributed by atoms with Gasteiger partial charge in [0.2, 0.25) is 0 Å². The van der Waals surface area contributed by atoms with Crippen molar-refractivity contribution < 1.29 is 0 Å². The summed E-state index contributed by atoms with van der Waals surface area (Å²) in [5.74, 6) is 1.97. The van der Waals surface area contributed by atoms with Crippen molar-refractivity contribution in [3.05, 3.63) is 254 Å². The largest absolute Gasteiger partial charge is 0.308 e. The molecule has 68 heavy (non-hydrogen) atoms. The molecular weight excluding hydrogens is 845 g/mol. The minimum absolute atomic E-state index is 0.0360. The normalized spacial score (nSPS) is 13.9. The third-order valence-electron chi connectivity index (χ3n) is 13.0. The summed E-state index contributed by atoms with van der Waals surface area (Å²) in [5.41, 5.74) is 13.1. The molecule has 0 N–H and O–H groups in total. The minimum atomic E-state index is -0.0360. The van der Waals surface area contributed by atoms with Crippen molar-refractivity contribution in [1.29, 1.82) is 0 Å². The molecule has 0 fully saturated rings. The molecule has 0 aliphatic heterocycles. The Labute approximate surface area is 399 Å². The van der Waals surface area contributed by atoms with Crippen LogP contribution < -0.4 is 0 Å². The minimum Gasteiger partial charge on any atom is -0.308 e. The summed E-state index contributed by atoms with van der Waals surface area (Å²) in [6.45, 7) is 3.94. The molecule has 0 bridgehead atoms. The van der Waals surface area contributed by atoms with Crippen LogP contribution in [0.25, 0.3) is 104 Å². The van der Waals surface area contributed by atoms with Gasteiger partial charge in [-0.25, -0.2) is 15.0 Å².